The van der Waals surface area contributed by atoms with Gasteiger partial charge in [-0.3, -0.25) is 9.52 Å². The Bertz CT molecular complexity index is 1200. The van der Waals surface area contributed by atoms with Crippen LogP contribution in [-0.4, -0.2) is 27.1 Å². The normalized spacial score (nSPS) is 11.3. The van der Waals surface area contributed by atoms with Crippen molar-refractivity contribution in [2.45, 2.75) is 11.8 Å². The van der Waals surface area contributed by atoms with Gasteiger partial charge in [0, 0.05) is 21.8 Å². The lowest BCUT2D eigenvalue weighted by molar-refractivity contribution is 0.0955. The predicted octanol–water partition coefficient (Wildman–Crippen LogP) is 4.30. The van der Waals surface area contributed by atoms with Crippen LogP contribution in [0.15, 0.2) is 82.8 Å². The molecule has 2 N–H and O–H groups in total. The van der Waals surface area contributed by atoms with Crippen molar-refractivity contribution in [1.29, 1.82) is 0 Å². The molecule has 0 spiro atoms. The number of benzene rings is 3. The van der Waals surface area contributed by atoms with E-state index in [2.05, 4.69) is 15.2 Å². The van der Waals surface area contributed by atoms with Gasteiger partial charge in [-0.15, -0.1) is 0 Å². The number of carbonyl (C=O) groups is 1. The molecule has 0 saturated heterocycles. The van der Waals surface area contributed by atoms with Gasteiger partial charge in [0.05, 0.1) is 17.7 Å². The molecule has 3 aromatic rings. The number of halogens is 1. The fourth-order valence-corrected chi connectivity index (χ4v) is 3.87. The van der Waals surface area contributed by atoms with Gasteiger partial charge < -0.3 is 4.74 Å². The molecule has 0 radical (unpaired) electrons. The molecule has 0 heterocycles. The molecule has 160 valence electrons. The summed E-state index contributed by atoms with van der Waals surface area (Å²) >= 11 is 5.82. The number of nitrogens with zero attached hydrogens (tertiary/aromatic N) is 1. The zero-order chi connectivity index (χ0) is 22.3. The van der Waals surface area contributed by atoms with E-state index in [1.54, 1.807) is 36.4 Å². The van der Waals surface area contributed by atoms with Crippen molar-refractivity contribution in [2.75, 3.05) is 11.3 Å². The second-order valence-electron chi connectivity index (χ2n) is 6.31. The highest BCUT2D eigenvalue weighted by molar-refractivity contribution is 7.92. The first-order chi connectivity index (χ1) is 14.9. The summed E-state index contributed by atoms with van der Waals surface area (Å²) in [6.07, 6.45) is 1.46. The van der Waals surface area contributed by atoms with Crippen molar-refractivity contribution in [1.82, 2.24) is 5.43 Å². The number of para-hydroxylation sites is 1. The molecule has 3 rings (SSSR count). The van der Waals surface area contributed by atoms with Crippen LogP contribution in [0.3, 0.4) is 0 Å². The second-order valence-corrected chi connectivity index (χ2v) is 8.43. The standard InChI is InChI=1S/C22H20ClN3O4S/c1-2-30-21-9-4-3-6-17(21)15-24-25-22(27)16-7-5-8-20(14-16)31(28,29)26-19-12-10-18(23)11-13-19/h3-15,26H,2H2,1H3,(H,25,27)/b24-15-. The molecule has 7 nitrogen and oxygen atoms in total. The molecule has 3 aromatic carbocycles. The Balaban J connectivity index is 1.72. The van der Waals surface area contributed by atoms with Crippen LogP contribution in [0.5, 0.6) is 5.75 Å². The summed E-state index contributed by atoms with van der Waals surface area (Å²) < 4.78 is 33.2. The highest BCUT2D eigenvalue weighted by Crippen LogP contribution is 2.19. The van der Waals surface area contributed by atoms with Gasteiger partial charge >= 0.3 is 0 Å². The molecule has 0 atom stereocenters. The maximum absolute atomic E-state index is 12.6. The van der Waals surface area contributed by atoms with Crippen molar-refractivity contribution < 1.29 is 17.9 Å². The molecule has 0 aromatic heterocycles. The van der Waals surface area contributed by atoms with Gasteiger partial charge in [-0.2, -0.15) is 5.10 Å². The van der Waals surface area contributed by atoms with Crippen molar-refractivity contribution in [3.8, 4) is 5.75 Å². The minimum Gasteiger partial charge on any atom is -0.493 e. The lowest BCUT2D eigenvalue weighted by atomic mass is 10.2. The van der Waals surface area contributed by atoms with Crippen molar-refractivity contribution in [2.24, 2.45) is 5.10 Å². The highest BCUT2D eigenvalue weighted by Gasteiger charge is 2.16. The van der Waals surface area contributed by atoms with Gasteiger partial charge in [0.15, 0.2) is 0 Å². The van der Waals surface area contributed by atoms with E-state index in [0.717, 1.165) is 0 Å². The van der Waals surface area contributed by atoms with Gasteiger partial charge in [-0.05, 0) is 61.5 Å². The maximum atomic E-state index is 12.6. The van der Waals surface area contributed by atoms with Crippen LogP contribution < -0.4 is 14.9 Å². The van der Waals surface area contributed by atoms with Crippen LogP contribution in [0.1, 0.15) is 22.8 Å². The van der Waals surface area contributed by atoms with Crippen molar-refractivity contribution in [3.05, 3.63) is 88.9 Å². The summed E-state index contributed by atoms with van der Waals surface area (Å²) in [5.74, 6) is 0.0954. The lowest BCUT2D eigenvalue weighted by Gasteiger charge is -2.09. The largest absolute Gasteiger partial charge is 0.493 e. The monoisotopic (exact) mass is 457 g/mol. The lowest BCUT2D eigenvalue weighted by Crippen LogP contribution is -2.19. The summed E-state index contributed by atoms with van der Waals surface area (Å²) in [5.41, 5.74) is 3.60. The van der Waals surface area contributed by atoms with Crippen LogP contribution in [0.4, 0.5) is 5.69 Å². The highest BCUT2D eigenvalue weighted by atomic mass is 35.5. The molecular formula is C22H20ClN3O4S. The molecule has 0 aliphatic carbocycles. The Morgan fingerprint density at radius 1 is 1.06 bits per heavy atom. The van der Waals surface area contributed by atoms with Crippen molar-refractivity contribution >= 4 is 39.4 Å². The first kappa shape index (κ1) is 22.3. The zero-order valence-electron chi connectivity index (χ0n) is 16.6. The van der Waals surface area contributed by atoms with Crippen LogP contribution in [-0.2, 0) is 10.0 Å². The quantitative estimate of drug-likeness (QED) is 0.389. The Kier molecular flexibility index (Phi) is 7.28. The third kappa shape index (κ3) is 6.07. The number of hydrogen-bond acceptors (Lipinski definition) is 5. The minimum absolute atomic E-state index is 0.0548. The molecule has 0 fully saturated rings. The number of amides is 1. The number of hydrogen-bond donors (Lipinski definition) is 2. The average molecular weight is 458 g/mol. The van der Waals surface area contributed by atoms with Gasteiger partial charge in [-0.25, -0.2) is 13.8 Å². The van der Waals surface area contributed by atoms with Crippen LogP contribution >= 0.6 is 11.6 Å². The molecule has 1 amide bonds. The number of anilines is 1. The summed E-state index contributed by atoms with van der Waals surface area (Å²) in [6.45, 7) is 2.38. The summed E-state index contributed by atoms with van der Waals surface area (Å²) in [5, 5.41) is 4.44. The molecule has 0 aliphatic heterocycles. The second kappa shape index (κ2) is 10.1. The van der Waals surface area contributed by atoms with E-state index in [1.807, 2.05) is 19.1 Å². The van der Waals surface area contributed by atoms with Crippen molar-refractivity contribution in [3.63, 3.8) is 0 Å². The fourth-order valence-electron chi connectivity index (χ4n) is 2.64. The van der Waals surface area contributed by atoms with E-state index in [-0.39, 0.29) is 10.5 Å². The average Bonchev–Trinajstić information content (AvgIpc) is 2.76. The number of carbonyl (C=O) groups excluding carboxylic acids is 1. The Morgan fingerprint density at radius 3 is 2.55 bits per heavy atom. The van der Waals surface area contributed by atoms with Gasteiger partial charge in [0.2, 0.25) is 0 Å². The molecule has 31 heavy (non-hydrogen) atoms. The number of nitrogens with one attached hydrogen (secondary N) is 2. The zero-order valence-corrected chi connectivity index (χ0v) is 18.2. The van der Waals surface area contributed by atoms with Crippen LogP contribution in [0.2, 0.25) is 5.02 Å². The smallest absolute Gasteiger partial charge is 0.271 e. The molecule has 0 unspecified atom stereocenters. The first-order valence-electron chi connectivity index (χ1n) is 9.33. The minimum atomic E-state index is -3.89. The van der Waals surface area contributed by atoms with E-state index in [1.165, 1.54) is 30.5 Å². The maximum Gasteiger partial charge on any atom is 0.271 e. The van der Waals surface area contributed by atoms with E-state index in [0.29, 0.717) is 28.6 Å². The fraction of sp³-hybridized carbons (Fsp3) is 0.0909. The molecule has 9 heteroatoms. The van der Waals surface area contributed by atoms with E-state index < -0.39 is 15.9 Å². The van der Waals surface area contributed by atoms with E-state index >= 15 is 0 Å². The Labute approximate surface area is 185 Å². The summed E-state index contributed by atoms with van der Waals surface area (Å²) in [6, 6.07) is 19.2. The number of ether oxygens (including phenoxy) is 1. The predicted molar refractivity (Wildman–Crippen MR) is 121 cm³/mol. The first-order valence-corrected chi connectivity index (χ1v) is 11.2. The number of hydrazone groups is 1. The summed E-state index contributed by atoms with van der Waals surface area (Å²) in [7, 11) is -3.89. The molecule has 0 aliphatic rings. The Morgan fingerprint density at radius 2 is 1.81 bits per heavy atom. The van der Waals surface area contributed by atoms with E-state index in [4.69, 9.17) is 16.3 Å². The molecular weight excluding hydrogens is 438 g/mol. The topological polar surface area (TPSA) is 96.9 Å². The summed E-state index contributed by atoms with van der Waals surface area (Å²) in [4.78, 5) is 12.4. The third-order valence-electron chi connectivity index (χ3n) is 4.09. The van der Waals surface area contributed by atoms with E-state index in [9.17, 15) is 13.2 Å². The number of rotatable bonds is 8. The van der Waals surface area contributed by atoms with Gasteiger partial charge in [0.1, 0.15) is 5.75 Å². The van der Waals surface area contributed by atoms with Crippen LogP contribution in [0.25, 0.3) is 0 Å². The molecule has 0 bridgehead atoms. The third-order valence-corrected chi connectivity index (χ3v) is 5.72. The molecule has 0 saturated carbocycles. The van der Waals surface area contributed by atoms with Gasteiger partial charge in [-0.1, -0.05) is 29.8 Å². The van der Waals surface area contributed by atoms with Crippen LogP contribution in [0, 0.1) is 0 Å². The number of sulfonamides is 1. The Hall–Kier alpha value is -3.36. The van der Waals surface area contributed by atoms with Gasteiger partial charge in [0.25, 0.3) is 15.9 Å². The SMILES string of the molecule is CCOc1ccccc1/C=N\NC(=O)c1cccc(S(=O)(=O)Nc2ccc(Cl)cc2)c1.